The van der Waals surface area contributed by atoms with E-state index in [1.165, 1.54) is 0 Å². The molecule has 2 atom stereocenters. The zero-order valence-corrected chi connectivity index (χ0v) is 16.7. The van der Waals surface area contributed by atoms with Crippen molar-refractivity contribution >= 4 is 17.6 Å². The lowest BCUT2D eigenvalue weighted by atomic mass is 9.98. The van der Waals surface area contributed by atoms with Gasteiger partial charge in [-0.05, 0) is 55.2 Å². The Morgan fingerprint density at radius 1 is 1.14 bits per heavy atom. The summed E-state index contributed by atoms with van der Waals surface area (Å²) in [7, 11) is 0. The second-order valence-corrected chi connectivity index (χ2v) is 7.10. The third kappa shape index (κ3) is 4.35. The molecule has 0 N–H and O–H groups in total. The molecule has 5 heteroatoms. The number of esters is 1. The molecule has 3 rings (SSSR count). The van der Waals surface area contributed by atoms with Crippen molar-refractivity contribution in [3.05, 3.63) is 54.1 Å². The minimum absolute atomic E-state index is 0.0682. The van der Waals surface area contributed by atoms with Crippen LogP contribution in [0.2, 0.25) is 0 Å². The number of benzene rings is 2. The van der Waals surface area contributed by atoms with Crippen molar-refractivity contribution in [1.29, 1.82) is 0 Å². The lowest BCUT2D eigenvalue weighted by molar-refractivity contribution is -0.139. The second-order valence-electron chi connectivity index (χ2n) is 7.10. The first-order chi connectivity index (χ1) is 13.5. The molecule has 148 valence electrons. The molecule has 0 aromatic heterocycles. The van der Waals surface area contributed by atoms with Crippen LogP contribution < -0.4 is 14.4 Å². The third-order valence-electron chi connectivity index (χ3n) is 5.19. The van der Waals surface area contributed by atoms with Crippen molar-refractivity contribution in [2.45, 2.75) is 39.5 Å². The average Bonchev–Trinajstić information content (AvgIpc) is 3.10. The first kappa shape index (κ1) is 19.9. The van der Waals surface area contributed by atoms with Gasteiger partial charge < -0.3 is 14.4 Å². The first-order valence-corrected chi connectivity index (χ1v) is 9.87. The van der Waals surface area contributed by atoms with E-state index in [0.29, 0.717) is 24.8 Å². The number of para-hydroxylation sites is 1. The van der Waals surface area contributed by atoms with Crippen molar-refractivity contribution in [1.82, 2.24) is 0 Å². The summed E-state index contributed by atoms with van der Waals surface area (Å²) < 4.78 is 11.1. The van der Waals surface area contributed by atoms with Gasteiger partial charge in [0, 0.05) is 18.7 Å². The molecular formula is C23H27NO4. The number of anilines is 1. The predicted molar refractivity (Wildman–Crippen MR) is 109 cm³/mol. The van der Waals surface area contributed by atoms with Crippen molar-refractivity contribution < 1.29 is 19.1 Å². The fourth-order valence-electron chi connectivity index (χ4n) is 3.40. The van der Waals surface area contributed by atoms with Crippen LogP contribution in [0.15, 0.2) is 48.5 Å². The number of carbonyl (C=O) groups is 2. The summed E-state index contributed by atoms with van der Waals surface area (Å²) in [5.41, 5.74) is 1.79. The third-order valence-corrected chi connectivity index (χ3v) is 5.19. The Kier molecular flexibility index (Phi) is 6.34. The van der Waals surface area contributed by atoms with Crippen molar-refractivity contribution in [3.8, 4) is 11.5 Å². The van der Waals surface area contributed by atoms with Gasteiger partial charge in [0.25, 0.3) is 0 Å². The summed E-state index contributed by atoms with van der Waals surface area (Å²) in [6, 6.07) is 15.0. The lowest BCUT2D eigenvalue weighted by Crippen LogP contribution is -2.27. The Hall–Kier alpha value is -2.82. The highest BCUT2D eigenvalue weighted by atomic mass is 16.5. The van der Waals surface area contributed by atoms with Gasteiger partial charge in [-0.15, -0.1) is 0 Å². The summed E-state index contributed by atoms with van der Waals surface area (Å²) in [5.74, 6) is 0.766. The number of nitrogens with zero attached hydrogens (tertiary/aromatic N) is 1. The fourth-order valence-corrected chi connectivity index (χ4v) is 3.40. The van der Waals surface area contributed by atoms with Gasteiger partial charge in [0.1, 0.15) is 11.5 Å². The number of hydrogen-bond donors (Lipinski definition) is 0. The molecule has 1 saturated heterocycles. The molecule has 0 aliphatic carbocycles. The molecule has 1 aliphatic heterocycles. The zero-order valence-electron chi connectivity index (χ0n) is 16.7. The van der Waals surface area contributed by atoms with E-state index in [1.807, 2.05) is 55.5 Å². The highest BCUT2D eigenvalue weighted by Crippen LogP contribution is 2.31. The van der Waals surface area contributed by atoms with Crippen LogP contribution in [0.5, 0.6) is 11.5 Å². The molecule has 1 heterocycles. The molecule has 0 bridgehead atoms. The Bertz CT molecular complexity index is 831. The molecule has 1 amide bonds. The molecule has 1 aliphatic rings. The highest BCUT2D eigenvalue weighted by molar-refractivity contribution is 5.99. The number of hydrogen-bond acceptors (Lipinski definition) is 4. The molecule has 0 spiro atoms. The van der Waals surface area contributed by atoms with Gasteiger partial charge in [0.2, 0.25) is 5.91 Å². The lowest BCUT2D eigenvalue weighted by Gasteiger charge is -2.18. The molecule has 28 heavy (non-hydrogen) atoms. The molecular weight excluding hydrogens is 354 g/mol. The SMILES string of the molecule is CCOc1ccc(N2C[C@H](C(=O)Oc3ccccc3[C@H](C)CC)CC2=O)cc1. The van der Waals surface area contributed by atoms with Crippen LogP contribution in [0.25, 0.3) is 0 Å². The monoisotopic (exact) mass is 381 g/mol. The standard InChI is InChI=1S/C23H27NO4/c1-4-16(3)20-8-6-7-9-21(20)28-23(26)17-14-22(25)24(15-17)18-10-12-19(13-11-18)27-5-2/h6-13,16-17H,4-5,14-15H2,1-3H3/t16-,17-/m1/s1. The Morgan fingerprint density at radius 2 is 1.86 bits per heavy atom. The van der Waals surface area contributed by atoms with Crippen molar-refractivity contribution in [2.75, 3.05) is 18.1 Å². The first-order valence-electron chi connectivity index (χ1n) is 9.87. The largest absolute Gasteiger partial charge is 0.494 e. The Balaban J connectivity index is 1.69. The minimum atomic E-state index is -0.468. The average molecular weight is 381 g/mol. The fraction of sp³-hybridized carbons (Fsp3) is 0.391. The van der Waals surface area contributed by atoms with Gasteiger partial charge in [-0.2, -0.15) is 0 Å². The molecule has 2 aromatic carbocycles. The van der Waals surface area contributed by atoms with E-state index in [2.05, 4.69) is 13.8 Å². The van der Waals surface area contributed by atoms with Gasteiger partial charge in [-0.3, -0.25) is 9.59 Å². The molecule has 5 nitrogen and oxygen atoms in total. The number of rotatable bonds is 7. The molecule has 0 unspecified atom stereocenters. The van der Waals surface area contributed by atoms with E-state index in [9.17, 15) is 9.59 Å². The van der Waals surface area contributed by atoms with Gasteiger partial charge in [-0.25, -0.2) is 0 Å². The van der Waals surface area contributed by atoms with Crippen LogP contribution in [0, 0.1) is 5.92 Å². The van der Waals surface area contributed by atoms with E-state index in [0.717, 1.165) is 23.4 Å². The summed E-state index contributed by atoms with van der Waals surface area (Å²) in [5, 5.41) is 0. The number of amides is 1. The van der Waals surface area contributed by atoms with Gasteiger partial charge in [-0.1, -0.05) is 32.0 Å². The van der Waals surface area contributed by atoms with Crippen LogP contribution in [0.1, 0.15) is 45.1 Å². The molecule has 0 radical (unpaired) electrons. The van der Waals surface area contributed by atoms with Crippen LogP contribution in [0.4, 0.5) is 5.69 Å². The maximum absolute atomic E-state index is 12.7. The van der Waals surface area contributed by atoms with Crippen molar-refractivity contribution in [2.24, 2.45) is 5.92 Å². The second kappa shape index (κ2) is 8.91. The Labute approximate surface area is 166 Å². The van der Waals surface area contributed by atoms with E-state index in [4.69, 9.17) is 9.47 Å². The van der Waals surface area contributed by atoms with Crippen LogP contribution in [-0.4, -0.2) is 25.0 Å². The van der Waals surface area contributed by atoms with E-state index < -0.39 is 5.92 Å². The normalized spacial score (nSPS) is 17.5. The smallest absolute Gasteiger partial charge is 0.316 e. The van der Waals surface area contributed by atoms with Crippen LogP contribution in [0.3, 0.4) is 0 Å². The number of carbonyl (C=O) groups excluding carboxylic acids is 2. The minimum Gasteiger partial charge on any atom is -0.494 e. The maximum Gasteiger partial charge on any atom is 0.316 e. The summed E-state index contributed by atoms with van der Waals surface area (Å²) in [6.45, 7) is 7.06. The topological polar surface area (TPSA) is 55.8 Å². The highest BCUT2D eigenvalue weighted by Gasteiger charge is 2.36. The predicted octanol–water partition coefficient (Wildman–Crippen LogP) is 4.56. The van der Waals surface area contributed by atoms with Crippen LogP contribution in [-0.2, 0) is 9.59 Å². The van der Waals surface area contributed by atoms with E-state index >= 15 is 0 Å². The van der Waals surface area contributed by atoms with Gasteiger partial charge in [0.15, 0.2) is 0 Å². The van der Waals surface area contributed by atoms with E-state index in [-0.39, 0.29) is 18.3 Å². The number of ether oxygens (including phenoxy) is 2. The molecule has 2 aromatic rings. The Morgan fingerprint density at radius 3 is 2.54 bits per heavy atom. The summed E-state index contributed by atoms with van der Waals surface area (Å²) in [6.07, 6.45) is 1.12. The van der Waals surface area contributed by atoms with Gasteiger partial charge in [0.05, 0.1) is 12.5 Å². The molecule has 1 fully saturated rings. The zero-order chi connectivity index (χ0) is 20.1. The van der Waals surface area contributed by atoms with Crippen molar-refractivity contribution in [3.63, 3.8) is 0 Å². The molecule has 0 saturated carbocycles. The summed E-state index contributed by atoms with van der Waals surface area (Å²) >= 11 is 0. The maximum atomic E-state index is 12.7. The van der Waals surface area contributed by atoms with Gasteiger partial charge >= 0.3 is 5.97 Å². The van der Waals surface area contributed by atoms with E-state index in [1.54, 1.807) is 4.90 Å². The van der Waals surface area contributed by atoms with Crippen LogP contribution >= 0.6 is 0 Å². The summed E-state index contributed by atoms with van der Waals surface area (Å²) in [4.78, 5) is 26.8. The quantitative estimate of drug-likeness (QED) is 0.521.